The van der Waals surface area contributed by atoms with Crippen LogP contribution in [0.2, 0.25) is 0 Å². The molecule has 1 aromatic heterocycles. The van der Waals surface area contributed by atoms with Crippen LogP contribution in [0.5, 0.6) is 5.75 Å². The average Bonchev–Trinajstić information content (AvgIpc) is 3.21. The molecule has 0 atom stereocenters. The molecule has 1 fully saturated rings. The number of esters is 1. The Morgan fingerprint density at radius 3 is 2.66 bits per heavy atom. The van der Waals surface area contributed by atoms with E-state index in [1.165, 1.54) is 24.9 Å². The number of amidine groups is 2. The summed E-state index contributed by atoms with van der Waals surface area (Å²) in [7, 11) is 1.41. The normalized spacial score (nSPS) is 16.9. The summed E-state index contributed by atoms with van der Waals surface area (Å²) < 4.78 is 28.1. The van der Waals surface area contributed by atoms with Gasteiger partial charge in [-0.05, 0) is 53.5 Å². The third kappa shape index (κ3) is 6.04. The molecule has 0 spiro atoms. The number of piperidine rings is 1. The lowest BCUT2D eigenvalue weighted by atomic mass is 9.98. The fraction of sp³-hybridized carbons (Fsp3) is 0.556. The Morgan fingerprint density at radius 1 is 1.32 bits per heavy atom. The second kappa shape index (κ2) is 11.4. The standard InChI is InChI=1S/C27H37FN6O3S/c1-16(2)30-24(31-17(3)29)21-15-33-11-12-37-22-14-20(28)23(13-19(22)25(33)32-21)38-18-7-9-34(10-8-18)27(4,5)26(35)36-6/h13-16,18H,7-12H2,1-6H3,(H2,29,30,31). The second-order valence-electron chi connectivity index (χ2n) is 10.5. The predicted octanol–water partition coefficient (Wildman–Crippen LogP) is 4.33. The number of hydrogen-bond acceptors (Lipinski definition) is 7. The number of carbonyl (C=O) groups excluding carboxylic acids is 1. The SMILES string of the molecule is COC(=O)C(C)(C)N1CCC(Sc2cc3c(cc2F)OCCn2cc(/C(=N/C(C)=N)NC(C)C)nc2-3)CC1. The van der Waals surface area contributed by atoms with Gasteiger partial charge in [-0.15, -0.1) is 11.8 Å². The minimum absolute atomic E-state index is 0.118. The fourth-order valence-corrected chi connectivity index (χ4v) is 5.95. The molecule has 2 aliphatic rings. The van der Waals surface area contributed by atoms with E-state index in [4.69, 9.17) is 19.9 Å². The number of thioether (sulfide) groups is 1. The Balaban J connectivity index is 1.58. The van der Waals surface area contributed by atoms with Crippen LogP contribution in [0.3, 0.4) is 0 Å². The number of methoxy groups -OCH3 is 1. The predicted molar refractivity (Wildman–Crippen MR) is 148 cm³/mol. The highest BCUT2D eigenvalue weighted by molar-refractivity contribution is 8.00. The van der Waals surface area contributed by atoms with Gasteiger partial charge in [-0.2, -0.15) is 0 Å². The van der Waals surface area contributed by atoms with E-state index in [0.29, 0.717) is 41.2 Å². The van der Waals surface area contributed by atoms with Crippen molar-refractivity contribution < 1.29 is 18.7 Å². The summed E-state index contributed by atoms with van der Waals surface area (Å²) in [6.07, 6.45) is 3.57. The number of aromatic nitrogens is 2. The molecule has 11 heteroatoms. The van der Waals surface area contributed by atoms with Crippen LogP contribution in [0.4, 0.5) is 4.39 Å². The summed E-state index contributed by atoms with van der Waals surface area (Å²) in [5, 5.41) is 11.3. The van der Waals surface area contributed by atoms with Gasteiger partial charge < -0.3 is 19.4 Å². The number of rotatable bonds is 6. The molecule has 2 N–H and O–H groups in total. The molecule has 0 saturated carbocycles. The van der Waals surface area contributed by atoms with Crippen molar-refractivity contribution in [3.63, 3.8) is 0 Å². The van der Waals surface area contributed by atoms with Gasteiger partial charge >= 0.3 is 5.97 Å². The molecule has 2 aliphatic heterocycles. The Hall–Kier alpha value is -2.92. The highest BCUT2D eigenvalue weighted by atomic mass is 32.2. The topological polar surface area (TPSA) is 105 Å². The van der Waals surface area contributed by atoms with Crippen LogP contribution < -0.4 is 10.1 Å². The van der Waals surface area contributed by atoms with Crippen molar-refractivity contribution in [2.75, 3.05) is 26.8 Å². The number of carbonyl (C=O) groups is 1. The van der Waals surface area contributed by atoms with Crippen LogP contribution in [0.1, 0.15) is 53.2 Å². The van der Waals surface area contributed by atoms with Gasteiger partial charge in [0.1, 0.15) is 41.1 Å². The van der Waals surface area contributed by atoms with Gasteiger partial charge in [0.2, 0.25) is 0 Å². The van der Waals surface area contributed by atoms with Gasteiger partial charge in [-0.3, -0.25) is 15.1 Å². The smallest absolute Gasteiger partial charge is 0.325 e. The van der Waals surface area contributed by atoms with Gasteiger partial charge in [0.25, 0.3) is 0 Å². The highest BCUT2D eigenvalue weighted by Crippen LogP contribution is 2.40. The molecule has 0 amide bonds. The van der Waals surface area contributed by atoms with Crippen molar-refractivity contribution in [1.82, 2.24) is 19.8 Å². The van der Waals surface area contributed by atoms with Crippen molar-refractivity contribution in [3.8, 4) is 17.1 Å². The van der Waals surface area contributed by atoms with Crippen molar-refractivity contribution in [2.24, 2.45) is 4.99 Å². The zero-order valence-corrected chi connectivity index (χ0v) is 23.7. The van der Waals surface area contributed by atoms with Crippen molar-refractivity contribution in [3.05, 3.63) is 29.8 Å². The molecule has 0 bridgehead atoms. The Bertz CT molecular complexity index is 1230. The fourth-order valence-electron chi connectivity index (χ4n) is 4.78. The highest BCUT2D eigenvalue weighted by Gasteiger charge is 2.38. The quantitative estimate of drug-likeness (QED) is 0.317. The van der Waals surface area contributed by atoms with Crippen LogP contribution in [0, 0.1) is 11.2 Å². The van der Waals surface area contributed by atoms with E-state index in [0.717, 1.165) is 31.5 Å². The summed E-state index contributed by atoms with van der Waals surface area (Å²) >= 11 is 1.53. The number of benzene rings is 1. The number of imidazole rings is 1. The Labute approximate surface area is 227 Å². The summed E-state index contributed by atoms with van der Waals surface area (Å²) in [4.78, 5) is 24.1. The Kier molecular flexibility index (Phi) is 8.46. The van der Waals surface area contributed by atoms with Crippen molar-refractivity contribution >= 4 is 29.4 Å². The minimum atomic E-state index is -0.686. The molecule has 2 aromatic rings. The molecule has 9 nitrogen and oxygen atoms in total. The zero-order valence-electron chi connectivity index (χ0n) is 22.9. The van der Waals surface area contributed by atoms with Crippen LogP contribution in [-0.4, -0.2) is 75.7 Å². The molecular formula is C27H37FN6O3S. The number of nitrogens with one attached hydrogen (secondary N) is 2. The summed E-state index contributed by atoms with van der Waals surface area (Å²) in [5.74, 6) is 1.31. The molecule has 4 rings (SSSR count). The number of likely N-dealkylation sites (tertiary alicyclic amines) is 1. The maximum absolute atomic E-state index is 15.2. The molecule has 0 aliphatic carbocycles. The van der Waals surface area contributed by atoms with Crippen LogP contribution in [0.15, 0.2) is 28.2 Å². The number of fused-ring (bicyclic) bond motifs is 3. The van der Waals surface area contributed by atoms with Crippen LogP contribution in [-0.2, 0) is 16.1 Å². The van der Waals surface area contributed by atoms with E-state index in [1.807, 2.05) is 44.5 Å². The summed E-state index contributed by atoms with van der Waals surface area (Å²) in [6.45, 7) is 11.8. The first-order valence-electron chi connectivity index (χ1n) is 12.9. The van der Waals surface area contributed by atoms with Gasteiger partial charge in [-0.1, -0.05) is 0 Å². The third-order valence-corrected chi connectivity index (χ3v) is 8.17. The van der Waals surface area contributed by atoms with E-state index >= 15 is 4.39 Å². The molecule has 206 valence electrons. The molecular weight excluding hydrogens is 507 g/mol. The Morgan fingerprint density at radius 2 is 2.03 bits per heavy atom. The zero-order chi connectivity index (χ0) is 27.6. The van der Waals surface area contributed by atoms with Crippen LogP contribution >= 0.6 is 11.8 Å². The lowest BCUT2D eigenvalue weighted by molar-refractivity contribution is -0.153. The van der Waals surface area contributed by atoms with Gasteiger partial charge in [0.15, 0.2) is 5.84 Å². The molecule has 1 aromatic carbocycles. The van der Waals surface area contributed by atoms with E-state index in [-0.39, 0.29) is 28.9 Å². The monoisotopic (exact) mass is 544 g/mol. The summed E-state index contributed by atoms with van der Waals surface area (Å²) in [5.41, 5.74) is 0.680. The summed E-state index contributed by atoms with van der Waals surface area (Å²) in [6, 6.07) is 3.41. The first kappa shape index (κ1) is 28.1. The largest absolute Gasteiger partial charge is 0.491 e. The molecule has 38 heavy (non-hydrogen) atoms. The average molecular weight is 545 g/mol. The number of nitrogens with zero attached hydrogens (tertiary/aromatic N) is 4. The minimum Gasteiger partial charge on any atom is -0.491 e. The number of ether oxygens (including phenoxy) is 2. The number of hydrogen-bond donors (Lipinski definition) is 2. The van der Waals surface area contributed by atoms with Crippen molar-refractivity contribution in [1.29, 1.82) is 5.41 Å². The first-order valence-corrected chi connectivity index (χ1v) is 13.8. The van der Waals surface area contributed by atoms with E-state index in [2.05, 4.69) is 15.2 Å². The van der Waals surface area contributed by atoms with E-state index in [9.17, 15) is 4.79 Å². The lowest BCUT2D eigenvalue weighted by Crippen LogP contribution is -2.53. The third-order valence-electron chi connectivity index (χ3n) is 6.80. The van der Waals surface area contributed by atoms with Crippen molar-refractivity contribution in [2.45, 2.75) is 75.7 Å². The molecule has 3 heterocycles. The lowest BCUT2D eigenvalue weighted by Gasteiger charge is -2.40. The number of aliphatic imine (C=N–C) groups is 1. The van der Waals surface area contributed by atoms with Gasteiger partial charge in [0, 0.05) is 41.5 Å². The maximum atomic E-state index is 15.2. The van der Waals surface area contributed by atoms with E-state index in [1.54, 1.807) is 6.92 Å². The molecule has 1 saturated heterocycles. The van der Waals surface area contributed by atoms with Crippen LogP contribution in [0.25, 0.3) is 11.4 Å². The van der Waals surface area contributed by atoms with Gasteiger partial charge in [0.05, 0.1) is 19.2 Å². The molecule has 0 unspecified atom stereocenters. The second-order valence-corrected chi connectivity index (χ2v) is 11.8. The van der Waals surface area contributed by atoms with Gasteiger partial charge in [-0.25, -0.2) is 14.4 Å². The maximum Gasteiger partial charge on any atom is 0.325 e. The van der Waals surface area contributed by atoms with E-state index < -0.39 is 5.54 Å². The number of halogens is 1. The molecule has 0 radical (unpaired) electrons. The first-order chi connectivity index (χ1) is 18.0.